The van der Waals surface area contributed by atoms with E-state index in [1.165, 1.54) is 0 Å². The minimum Gasteiger partial charge on any atom is -0.377 e. The highest BCUT2D eigenvalue weighted by Crippen LogP contribution is 2.30. The van der Waals surface area contributed by atoms with Crippen molar-refractivity contribution in [2.45, 2.75) is 31.2 Å². The third kappa shape index (κ3) is 4.77. The van der Waals surface area contributed by atoms with Gasteiger partial charge in [0.05, 0.1) is 21.5 Å². The molecule has 0 radical (unpaired) electrons. The van der Waals surface area contributed by atoms with Gasteiger partial charge in [-0.1, -0.05) is 42.5 Å². The lowest BCUT2D eigenvalue weighted by Gasteiger charge is -2.17. The predicted molar refractivity (Wildman–Crippen MR) is 121 cm³/mol. The average Bonchev–Trinajstić information content (AvgIpc) is 2.84. The minimum absolute atomic E-state index is 0.243. The molecule has 152 valence electrons. The van der Waals surface area contributed by atoms with Crippen LogP contribution in [0.4, 0.5) is 11.4 Å². The molecule has 0 saturated carbocycles. The fourth-order valence-electron chi connectivity index (χ4n) is 3.17. The predicted octanol–water partition coefficient (Wildman–Crippen LogP) is 4.41. The van der Waals surface area contributed by atoms with Gasteiger partial charge in [0.15, 0.2) is 0 Å². The second kappa shape index (κ2) is 7.87. The summed E-state index contributed by atoms with van der Waals surface area (Å²) >= 11 is 0. The van der Waals surface area contributed by atoms with Gasteiger partial charge in [0.2, 0.25) is 0 Å². The van der Waals surface area contributed by atoms with Gasteiger partial charge in [0.1, 0.15) is 0 Å². The molecule has 0 unspecified atom stereocenters. The summed E-state index contributed by atoms with van der Waals surface area (Å²) in [4.78, 5) is 6.89. The normalized spacial score (nSPS) is 12.8. The fraction of sp³-hybridized carbons (Fsp3) is 0.261. The highest BCUT2D eigenvalue weighted by molar-refractivity contribution is 7.93. The van der Waals surface area contributed by atoms with Crippen LogP contribution in [-0.2, 0) is 10.0 Å². The first kappa shape index (κ1) is 20.9. The van der Waals surface area contributed by atoms with Crippen molar-refractivity contribution in [3.8, 4) is 0 Å². The van der Waals surface area contributed by atoms with E-state index in [9.17, 15) is 8.42 Å². The number of fused-ring (bicyclic) bond motifs is 1. The summed E-state index contributed by atoms with van der Waals surface area (Å²) in [6, 6.07) is 20.1. The lowest BCUT2D eigenvalue weighted by Crippen LogP contribution is -2.22. The van der Waals surface area contributed by atoms with Crippen LogP contribution in [0, 0.1) is 0 Å². The fourth-order valence-corrected chi connectivity index (χ4v) is 4.47. The molecule has 0 saturated heterocycles. The average molecular weight is 410 g/mol. The number of sulfonamides is 1. The molecule has 6 heteroatoms. The van der Waals surface area contributed by atoms with Crippen LogP contribution in [0.15, 0.2) is 76.6 Å². The van der Waals surface area contributed by atoms with Crippen LogP contribution in [0.5, 0.6) is 0 Å². The second-order valence-corrected chi connectivity index (χ2v) is 9.77. The quantitative estimate of drug-likeness (QED) is 0.694. The number of hydrogen-bond donors (Lipinski definition) is 1. The van der Waals surface area contributed by atoms with Crippen molar-refractivity contribution in [2.24, 2.45) is 4.99 Å². The van der Waals surface area contributed by atoms with Gasteiger partial charge in [0, 0.05) is 30.6 Å². The van der Waals surface area contributed by atoms with E-state index in [-0.39, 0.29) is 10.4 Å². The van der Waals surface area contributed by atoms with Crippen LogP contribution in [0.2, 0.25) is 0 Å². The van der Waals surface area contributed by atoms with Crippen molar-refractivity contribution in [3.05, 3.63) is 72.1 Å². The van der Waals surface area contributed by atoms with E-state index < -0.39 is 10.0 Å². The lowest BCUT2D eigenvalue weighted by atomic mass is 10.1. The number of benzene rings is 2. The maximum atomic E-state index is 13.4. The van der Waals surface area contributed by atoms with E-state index in [0.29, 0.717) is 16.4 Å². The molecule has 0 fully saturated rings. The summed E-state index contributed by atoms with van der Waals surface area (Å²) in [5.74, 6) is 0. The zero-order chi connectivity index (χ0) is 21.2. The molecule has 0 spiro atoms. The lowest BCUT2D eigenvalue weighted by molar-refractivity contribution is 0.567. The molecular formula is C23H27N3O2S. The Bertz CT molecular complexity index is 1210. The summed E-state index contributed by atoms with van der Waals surface area (Å²) in [6.07, 6.45) is 0. The minimum atomic E-state index is -3.82. The first-order valence-electron chi connectivity index (χ1n) is 9.46. The van der Waals surface area contributed by atoms with Crippen molar-refractivity contribution in [1.82, 2.24) is 0 Å². The molecule has 0 aromatic heterocycles. The summed E-state index contributed by atoms with van der Waals surface area (Å²) in [6.45, 7) is 5.93. The first-order valence-corrected chi connectivity index (χ1v) is 10.9. The summed E-state index contributed by atoms with van der Waals surface area (Å²) < 4.78 is 29.5. The van der Waals surface area contributed by atoms with Crippen molar-refractivity contribution in [3.63, 3.8) is 0 Å². The zero-order valence-corrected chi connectivity index (χ0v) is 18.3. The molecule has 0 atom stereocenters. The standard InChI is InChI=1S/C23H27N3O2S/c1-23(2,3)24-19-13-7-6-8-14-20(19)25-29(27,28)22-16-10-11-17-18(22)12-9-15-21(17)26(4)5/h6-16H,1-5H3,(H,24,25). The Morgan fingerprint density at radius 1 is 0.828 bits per heavy atom. The number of hydrogen-bond acceptors (Lipinski definition) is 4. The van der Waals surface area contributed by atoms with Gasteiger partial charge in [-0.15, -0.1) is 0 Å². The van der Waals surface area contributed by atoms with Crippen LogP contribution < -0.4 is 15.0 Å². The molecule has 3 aromatic carbocycles. The SMILES string of the molecule is CN(C)c1cccc2c(S(=O)(=O)Nc3cccccc3=NC(C)(C)C)cccc12. The van der Waals surface area contributed by atoms with E-state index >= 15 is 0 Å². The third-order valence-electron chi connectivity index (χ3n) is 4.35. The molecule has 3 rings (SSSR count). The van der Waals surface area contributed by atoms with E-state index in [4.69, 9.17) is 0 Å². The first-order chi connectivity index (χ1) is 13.6. The maximum absolute atomic E-state index is 13.4. The number of nitrogens with zero attached hydrogens (tertiary/aromatic N) is 2. The number of anilines is 2. The van der Waals surface area contributed by atoms with Crippen LogP contribution in [0.25, 0.3) is 10.8 Å². The molecule has 5 nitrogen and oxygen atoms in total. The topological polar surface area (TPSA) is 61.8 Å². The van der Waals surface area contributed by atoms with Crippen LogP contribution in [0.3, 0.4) is 0 Å². The molecule has 0 bridgehead atoms. The molecule has 0 amide bonds. The van der Waals surface area contributed by atoms with Crippen molar-refractivity contribution in [2.75, 3.05) is 23.7 Å². The second-order valence-electron chi connectivity index (χ2n) is 8.12. The Hall–Kier alpha value is -2.86. The Labute approximate surface area is 172 Å². The highest BCUT2D eigenvalue weighted by Gasteiger charge is 2.19. The van der Waals surface area contributed by atoms with Crippen LogP contribution in [0.1, 0.15) is 20.8 Å². The highest BCUT2D eigenvalue weighted by atomic mass is 32.2. The molecule has 1 N–H and O–H groups in total. The molecule has 0 heterocycles. The Balaban J connectivity index is 2.18. The summed E-state index contributed by atoms with van der Waals surface area (Å²) in [5.41, 5.74) is 1.08. The Kier molecular flexibility index (Phi) is 5.66. The Morgan fingerprint density at radius 3 is 2.17 bits per heavy atom. The van der Waals surface area contributed by atoms with Gasteiger partial charge in [-0.25, -0.2) is 8.42 Å². The third-order valence-corrected chi connectivity index (χ3v) is 5.77. The smallest absolute Gasteiger partial charge is 0.262 e. The molecule has 0 aliphatic heterocycles. The van der Waals surface area contributed by atoms with Gasteiger partial charge >= 0.3 is 0 Å². The van der Waals surface area contributed by atoms with Gasteiger partial charge in [-0.3, -0.25) is 9.71 Å². The zero-order valence-electron chi connectivity index (χ0n) is 17.5. The summed E-state index contributed by atoms with van der Waals surface area (Å²) in [5, 5.41) is 2.17. The van der Waals surface area contributed by atoms with Crippen LogP contribution >= 0.6 is 0 Å². The molecular weight excluding hydrogens is 382 g/mol. The van der Waals surface area contributed by atoms with Crippen molar-refractivity contribution >= 4 is 32.2 Å². The van der Waals surface area contributed by atoms with Gasteiger partial charge < -0.3 is 4.90 Å². The number of nitrogens with one attached hydrogen (secondary N) is 1. The van der Waals surface area contributed by atoms with E-state index in [2.05, 4.69) is 9.71 Å². The monoisotopic (exact) mass is 409 g/mol. The Morgan fingerprint density at radius 2 is 1.48 bits per heavy atom. The molecule has 29 heavy (non-hydrogen) atoms. The van der Waals surface area contributed by atoms with Crippen molar-refractivity contribution < 1.29 is 8.42 Å². The van der Waals surface area contributed by atoms with Gasteiger partial charge in [-0.2, -0.15) is 0 Å². The molecule has 0 aliphatic carbocycles. The van der Waals surface area contributed by atoms with E-state index in [0.717, 1.165) is 11.1 Å². The van der Waals surface area contributed by atoms with E-state index in [1.54, 1.807) is 24.3 Å². The summed E-state index contributed by atoms with van der Waals surface area (Å²) in [7, 11) is 0.0667. The molecule has 0 aliphatic rings. The molecule has 3 aromatic rings. The largest absolute Gasteiger partial charge is 0.377 e. The van der Waals surface area contributed by atoms with Crippen LogP contribution in [-0.4, -0.2) is 28.1 Å². The van der Waals surface area contributed by atoms with Crippen molar-refractivity contribution in [1.29, 1.82) is 0 Å². The van der Waals surface area contributed by atoms with E-state index in [1.807, 2.05) is 82.2 Å². The van der Waals surface area contributed by atoms with Gasteiger partial charge in [-0.05, 0) is 45.0 Å². The maximum Gasteiger partial charge on any atom is 0.262 e. The number of rotatable bonds is 4. The van der Waals surface area contributed by atoms with Gasteiger partial charge in [0.25, 0.3) is 10.0 Å².